The second-order valence-corrected chi connectivity index (χ2v) is 7.36. The summed E-state index contributed by atoms with van der Waals surface area (Å²) in [7, 11) is 1.34. The Labute approximate surface area is 182 Å². The van der Waals surface area contributed by atoms with E-state index in [-0.39, 0.29) is 0 Å². The monoisotopic (exact) mass is 420 g/mol. The summed E-state index contributed by atoms with van der Waals surface area (Å²) in [6, 6.07) is 24.9. The van der Waals surface area contributed by atoms with Gasteiger partial charge in [0.15, 0.2) is 11.2 Å². The molecule has 0 radical (unpaired) electrons. The Balaban J connectivity index is 1.54. The summed E-state index contributed by atoms with van der Waals surface area (Å²) in [6.45, 7) is 0. The number of nitrogens with zero attached hydrogens (tertiary/aromatic N) is 2. The molecule has 6 rings (SSSR count). The lowest BCUT2D eigenvalue weighted by molar-refractivity contribution is 0.0602. The van der Waals surface area contributed by atoms with Crippen molar-refractivity contribution in [1.29, 1.82) is 0 Å². The summed E-state index contributed by atoms with van der Waals surface area (Å²) in [5.41, 5.74) is 4.16. The number of aromatic nitrogens is 2. The van der Waals surface area contributed by atoms with Crippen molar-refractivity contribution in [3.8, 4) is 22.9 Å². The average molecular weight is 420 g/mol. The first-order valence-corrected chi connectivity index (χ1v) is 10.1. The third-order valence-electron chi connectivity index (χ3n) is 5.49. The van der Waals surface area contributed by atoms with Gasteiger partial charge in [0.2, 0.25) is 11.8 Å². The Hall–Kier alpha value is -4.45. The lowest BCUT2D eigenvalue weighted by Crippen LogP contribution is -2.01. The lowest BCUT2D eigenvalue weighted by atomic mass is 10.0. The predicted molar refractivity (Wildman–Crippen MR) is 121 cm³/mol. The minimum Gasteiger partial charge on any atom is -0.465 e. The fraction of sp³-hybridized carbons (Fsp3) is 0.0385. The first-order valence-electron chi connectivity index (χ1n) is 10.1. The number of fused-ring (bicyclic) bond motifs is 3. The van der Waals surface area contributed by atoms with E-state index in [0.29, 0.717) is 45.1 Å². The van der Waals surface area contributed by atoms with Crippen LogP contribution in [0.1, 0.15) is 10.4 Å². The number of carbonyl (C=O) groups is 1. The molecule has 0 amide bonds. The lowest BCUT2D eigenvalue weighted by Gasteiger charge is -2.01. The zero-order valence-electron chi connectivity index (χ0n) is 17.0. The van der Waals surface area contributed by atoms with Crippen molar-refractivity contribution in [2.45, 2.75) is 0 Å². The minimum atomic E-state index is -0.465. The molecule has 0 saturated heterocycles. The highest BCUT2D eigenvalue weighted by molar-refractivity contribution is 6.02. The van der Waals surface area contributed by atoms with Crippen LogP contribution in [0.5, 0.6) is 0 Å². The van der Waals surface area contributed by atoms with Crippen LogP contribution in [-0.2, 0) is 4.74 Å². The van der Waals surface area contributed by atoms with Crippen LogP contribution in [-0.4, -0.2) is 23.0 Å². The van der Waals surface area contributed by atoms with Crippen LogP contribution < -0.4 is 0 Å². The van der Waals surface area contributed by atoms with Crippen LogP contribution >= 0.6 is 0 Å². The summed E-state index contributed by atoms with van der Waals surface area (Å²) >= 11 is 0. The zero-order chi connectivity index (χ0) is 21.7. The molecule has 2 aromatic heterocycles. The van der Waals surface area contributed by atoms with Crippen LogP contribution in [0.4, 0.5) is 0 Å². The van der Waals surface area contributed by atoms with Crippen molar-refractivity contribution < 1.29 is 18.4 Å². The van der Waals surface area contributed by atoms with Gasteiger partial charge in [0, 0.05) is 5.56 Å². The Morgan fingerprint density at radius 2 is 1.34 bits per heavy atom. The second kappa shape index (κ2) is 7.06. The molecule has 32 heavy (non-hydrogen) atoms. The molecule has 0 fully saturated rings. The molecule has 6 heteroatoms. The Kier molecular flexibility index (Phi) is 4.04. The van der Waals surface area contributed by atoms with E-state index < -0.39 is 5.97 Å². The number of hydrogen-bond donors (Lipinski definition) is 0. The fourth-order valence-electron chi connectivity index (χ4n) is 3.99. The Morgan fingerprint density at radius 3 is 2.19 bits per heavy atom. The quantitative estimate of drug-likeness (QED) is 0.315. The standard InChI is InChI=1S/C26H16N2O4/c1-30-26(29)19-12-6-14-21-23(19)28-25(32-21)18-11-5-13-20-22(18)27-24(31-20)17-10-4-8-15-7-2-3-9-16(15)17/h2-14H,1H3. The summed E-state index contributed by atoms with van der Waals surface area (Å²) in [4.78, 5) is 21.5. The number of carbonyl (C=O) groups excluding carboxylic acids is 1. The SMILES string of the molecule is COC(=O)c1cccc2oc(-c3cccc4oc(-c5cccc6ccccc56)nc34)nc12. The molecule has 0 spiro atoms. The number of oxazole rings is 2. The normalized spacial score (nSPS) is 11.4. The van der Waals surface area contributed by atoms with Crippen molar-refractivity contribution >= 4 is 38.9 Å². The molecular weight excluding hydrogens is 404 g/mol. The van der Waals surface area contributed by atoms with E-state index in [1.54, 1.807) is 18.2 Å². The van der Waals surface area contributed by atoms with Gasteiger partial charge in [-0.2, -0.15) is 0 Å². The minimum absolute atomic E-state index is 0.351. The number of methoxy groups -OCH3 is 1. The van der Waals surface area contributed by atoms with Crippen molar-refractivity contribution in [3.63, 3.8) is 0 Å². The molecule has 0 aliphatic rings. The Bertz CT molecular complexity index is 1640. The maximum atomic E-state index is 12.1. The number of para-hydroxylation sites is 2. The van der Waals surface area contributed by atoms with Crippen LogP contribution in [0, 0.1) is 0 Å². The van der Waals surface area contributed by atoms with Crippen LogP contribution in [0.2, 0.25) is 0 Å². The third-order valence-corrected chi connectivity index (χ3v) is 5.49. The van der Waals surface area contributed by atoms with E-state index in [1.807, 2.05) is 42.5 Å². The van der Waals surface area contributed by atoms with Crippen molar-refractivity contribution in [2.75, 3.05) is 7.11 Å². The average Bonchev–Trinajstić information content (AvgIpc) is 3.47. The van der Waals surface area contributed by atoms with Gasteiger partial charge in [0.1, 0.15) is 11.0 Å². The molecule has 6 aromatic rings. The summed E-state index contributed by atoms with van der Waals surface area (Å²) in [5, 5.41) is 2.18. The Morgan fingerprint density at radius 1 is 0.719 bits per heavy atom. The van der Waals surface area contributed by atoms with Gasteiger partial charge in [-0.3, -0.25) is 0 Å². The van der Waals surface area contributed by atoms with Gasteiger partial charge in [-0.25, -0.2) is 14.8 Å². The predicted octanol–water partition coefficient (Wildman–Crippen LogP) is 6.24. The number of ether oxygens (including phenoxy) is 1. The maximum absolute atomic E-state index is 12.1. The molecule has 0 aliphatic heterocycles. The van der Waals surface area contributed by atoms with Gasteiger partial charge in [-0.05, 0) is 41.1 Å². The number of benzene rings is 4. The molecule has 0 atom stereocenters. The highest BCUT2D eigenvalue weighted by atomic mass is 16.5. The maximum Gasteiger partial charge on any atom is 0.340 e. The van der Waals surface area contributed by atoms with Gasteiger partial charge in [-0.15, -0.1) is 0 Å². The fourth-order valence-corrected chi connectivity index (χ4v) is 3.99. The summed E-state index contributed by atoms with van der Waals surface area (Å²) in [5.74, 6) is 0.420. The highest BCUT2D eigenvalue weighted by Gasteiger charge is 2.20. The van der Waals surface area contributed by atoms with Crippen molar-refractivity contribution in [1.82, 2.24) is 9.97 Å². The zero-order valence-corrected chi connectivity index (χ0v) is 17.0. The molecule has 0 unspecified atom stereocenters. The third kappa shape index (κ3) is 2.77. The van der Waals surface area contributed by atoms with E-state index >= 15 is 0 Å². The number of rotatable bonds is 3. The largest absolute Gasteiger partial charge is 0.465 e. The van der Waals surface area contributed by atoms with Gasteiger partial charge in [0.05, 0.1) is 18.2 Å². The van der Waals surface area contributed by atoms with E-state index in [1.165, 1.54) is 7.11 Å². The molecule has 0 saturated carbocycles. The van der Waals surface area contributed by atoms with E-state index in [2.05, 4.69) is 23.2 Å². The first kappa shape index (κ1) is 18.3. The topological polar surface area (TPSA) is 78.4 Å². The van der Waals surface area contributed by atoms with Gasteiger partial charge < -0.3 is 13.6 Å². The first-order chi connectivity index (χ1) is 15.7. The molecule has 6 nitrogen and oxygen atoms in total. The molecule has 2 heterocycles. The second-order valence-electron chi connectivity index (χ2n) is 7.36. The van der Waals surface area contributed by atoms with Crippen LogP contribution in [0.3, 0.4) is 0 Å². The van der Waals surface area contributed by atoms with E-state index in [0.717, 1.165) is 16.3 Å². The molecule has 0 aliphatic carbocycles. The van der Waals surface area contributed by atoms with E-state index in [4.69, 9.17) is 18.6 Å². The van der Waals surface area contributed by atoms with Gasteiger partial charge in [0.25, 0.3) is 0 Å². The molecule has 0 N–H and O–H groups in total. The molecule has 154 valence electrons. The van der Waals surface area contributed by atoms with Gasteiger partial charge >= 0.3 is 5.97 Å². The van der Waals surface area contributed by atoms with Crippen molar-refractivity contribution in [2.24, 2.45) is 0 Å². The van der Waals surface area contributed by atoms with Crippen LogP contribution in [0.25, 0.3) is 55.9 Å². The number of esters is 1. The number of hydrogen-bond acceptors (Lipinski definition) is 6. The summed E-state index contributed by atoms with van der Waals surface area (Å²) in [6.07, 6.45) is 0. The highest BCUT2D eigenvalue weighted by Crippen LogP contribution is 2.35. The summed E-state index contributed by atoms with van der Waals surface area (Å²) < 4.78 is 17.0. The molecule has 0 bridgehead atoms. The van der Waals surface area contributed by atoms with E-state index in [9.17, 15) is 4.79 Å². The molecule has 4 aromatic carbocycles. The van der Waals surface area contributed by atoms with Crippen LogP contribution in [0.15, 0.2) is 87.7 Å². The van der Waals surface area contributed by atoms with Crippen molar-refractivity contribution in [3.05, 3.63) is 84.4 Å². The van der Waals surface area contributed by atoms with Gasteiger partial charge in [-0.1, -0.05) is 48.5 Å². The molecular formula is C26H16N2O4. The smallest absolute Gasteiger partial charge is 0.340 e.